The number of likely N-dealkylation sites (tertiary alicyclic amines) is 1. The molecule has 2 N–H and O–H groups in total. The second-order valence-electron chi connectivity index (χ2n) is 9.70. The van der Waals surface area contributed by atoms with Gasteiger partial charge in [0.25, 0.3) is 0 Å². The number of nitrogens with one attached hydrogen (secondary N) is 2. The highest BCUT2D eigenvalue weighted by Crippen LogP contribution is 2.41. The Morgan fingerprint density at radius 3 is 2.47 bits per heavy atom. The number of halogens is 2. The molecule has 0 unspecified atom stereocenters. The average Bonchev–Trinajstić information content (AvgIpc) is 3.23. The minimum absolute atomic E-state index is 0.500. The summed E-state index contributed by atoms with van der Waals surface area (Å²) in [6.07, 6.45) is 4.14. The Hall–Kier alpha value is -2.91. The van der Waals surface area contributed by atoms with Crippen LogP contribution in [0.2, 0.25) is 10.0 Å². The van der Waals surface area contributed by atoms with E-state index in [0.29, 0.717) is 33.0 Å². The zero-order valence-corrected chi connectivity index (χ0v) is 23.5. The third kappa shape index (κ3) is 5.89. The van der Waals surface area contributed by atoms with Crippen LogP contribution in [0, 0.1) is 13.8 Å². The highest BCUT2D eigenvalue weighted by molar-refractivity contribution is 6.39. The smallest absolute Gasteiger partial charge is 0.165 e. The van der Waals surface area contributed by atoms with Crippen molar-refractivity contribution in [3.05, 3.63) is 69.7 Å². The zero-order valence-electron chi connectivity index (χ0n) is 22.0. The van der Waals surface area contributed by atoms with Gasteiger partial charge in [-0.2, -0.15) is 9.61 Å². The molecule has 10 heteroatoms. The van der Waals surface area contributed by atoms with Crippen LogP contribution in [-0.4, -0.2) is 63.8 Å². The molecular formula is C28H33Cl2N7O. The maximum absolute atomic E-state index is 6.62. The third-order valence-corrected chi connectivity index (χ3v) is 7.55. The van der Waals surface area contributed by atoms with Gasteiger partial charge < -0.3 is 15.4 Å². The van der Waals surface area contributed by atoms with Crippen molar-refractivity contribution in [3.8, 4) is 16.9 Å². The van der Waals surface area contributed by atoms with Crippen LogP contribution >= 0.6 is 23.2 Å². The van der Waals surface area contributed by atoms with Crippen LogP contribution in [0.4, 0.5) is 5.82 Å². The monoisotopic (exact) mass is 553 g/mol. The van der Waals surface area contributed by atoms with E-state index in [0.717, 1.165) is 74.0 Å². The van der Waals surface area contributed by atoms with Crippen LogP contribution in [0.1, 0.15) is 29.9 Å². The van der Waals surface area contributed by atoms with Gasteiger partial charge in [0, 0.05) is 62.3 Å². The summed E-state index contributed by atoms with van der Waals surface area (Å²) in [5.74, 6) is 1.49. The molecule has 0 saturated carbocycles. The van der Waals surface area contributed by atoms with E-state index >= 15 is 0 Å². The topological polar surface area (TPSA) is 79.6 Å². The molecular weight excluding hydrogens is 521 g/mol. The summed E-state index contributed by atoms with van der Waals surface area (Å²) in [5.41, 5.74) is 5.07. The maximum Gasteiger partial charge on any atom is 0.165 e. The Labute approximate surface area is 233 Å². The first-order chi connectivity index (χ1) is 18.4. The summed E-state index contributed by atoms with van der Waals surface area (Å²) in [6, 6.07) is 12.2. The molecule has 1 saturated heterocycles. The highest BCUT2D eigenvalue weighted by atomic mass is 35.5. The van der Waals surface area contributed by atoms with E-state index < -0.39 is 0 Å². The van der Waals surface area contributed by atoms with Gasteiger partial charge >= 0.3 is 0 Å². The summed E-state index contributed by atoms with van der Waals surface area (Å²) in [4.78, 5) is 11.7. The van der Waals surface area contributed by atoms with Crippen LogP contribution in [0.25, 0.3) is 16.8 Å². The first kappa shape index (κ1) is 26.7. The number of pyridine rings is 1. The van der Waals surface area contributed by atoms with E-state index in [9.17, 15) is 0 Å². The number of aromatic nitrogens is 4. The summed E-state index contributed by atoms with van der Waals surface area (Å²) >= 11 is 13.2. The number of nitrogens with zero attached hydrogens (tertiary/aromatic N) is 5. The molecule has 0 aliphatic carbocycles. The number of hydrogen-bond donors (Lipinski definition) is 2. The molecule has 200 valence electrons. The zero-order chi connectivity index (χ0) is 26.6. The molecule has 0 radical (unpaired) electrons. The Kier molecular flexibility index (Phi) is 8.33. The van der Waals surface area contributed by atoms with Gasteiger partial charge in [0.05, 0.1) is 34.1 Å². The van der Waals surface area contributed by atoms with Crippen molar-refractivity contribution in [1.29, 1.82) is 0 Å². The van der Waals surface area contributed by atoms with Gasteiger partial charge in [0.2, 0.25) is 0 Å². The number of anilines is 1. The standard InChI is InChI=1S/C28H33Cl2N7O/c1-18-14-25(33-11-10-32-20-7-12-36(13-8-20)17-21-6-4-5-9-31-21)37-28(34-18)26(19(2)35-37)27-23(29)15-22(38-3)16-24(27)30/h4-6,9,14-16,20,32-33H,7-8,10-13,17H2,1-3H3. The quantitative estimate of drug-likeness (QED) is 0.269. The van der Waals surface area contributed by atoms with Crippen LogP contribution in [0.5, 0.6) is 5.75 Å². The molecule has 8 nitrogen and oxygen atoms in total. The number of aryl methyl sites for hydroxylation is 2. The number of ether oxygens (including phenoxy) is 1. The lowest BCUT2D eigenvalue weighted by Gasteiger charge is -2.32. The first-order valence-electron chi connectivity index (χ1n) is 12.9. The Balaban J connectivity index is 1.22. The molecule has 1 aromatic carbocycles. The number of fused-ring (bicyclic) bond motifs is 1. The van der Waals surface area contributed by atoms with E-state index in [-0.39, 0.29) is 0 Å². The molecule has 38 heavy (non-hydrogen) atoms. The van der Waals surface area contributed by atoms with Crippen LogP contribution in [0.3, 0.4) is 0 Å². The Morgan fingerprint density at radius 1 is 1.03 bits per heavy atom. The van der Waals surface area contributed by atoms with Crippen LogP contribution < -0.4 is 15.4 Å². The molecule has 4 heterocycles. The fourth-order valence-electron chi connectivity index (χ4n) is 5.05. The van der Waals surface area contributed by atoms with E-state index in [1.165, 1.54) is 0 Å². The van der Waals surface area contributed by atoms with Crippen molar-refractivity contribution < 1.29 is 4.74 Å². The van der Waals surface area contributed by atoms with Crippen LogP contribution in [-0.2, 0) is 6.54 Å². The predicted octanol–water partition coefficient (Wildman–Crippen LogP) is 5.39. The van der Waals surface area contributed by atoms with Crippen molar-refractivity contribution in [2.75, 3.05) is 38.6 Å². The van der Waals surface area contributed by atoms with Gasteiger partial charge in [-0.3, -0.25) is 9.88 Å². The van der Waals surface area contributed by atoms with Crippen molar-refractivity contribution in [3.63, 3.8) is 0 Å². The van der Waals surface area contributed by atoms with E-state index in [1.807, 2.05) is 36.7 Å². The van der Waals surface area contributed by atoms with Gasteiger partial charge in [-0.15, -0.1) is 0 Å². The van der Waals surface area contributed by atoms with Gasteiger partial charge in [0.15, 0.2) is 5.65 Å². The summed E-state index contributed by atoms with van der Waals surface area (Å²) in [6.45, 7) is 8.63. The molecule has 1 aliphatic heterocycles. The first-order valence-corrected chi connectivity index (χ1v) is 13.7. The van der Waals surface area contributed by atoms with E-state index in [2.05, 4.69) is 32.7 Å². The Morgan fingerprint density at radius 2 is 1.79 bits per heavy atom. The average molecular weight is 555 g/mol. The fourth-order valence-corrected chi connectivity index (χ4v) is 5.71. The van der Waals surface area contributed by atoms with Gasteiger partial charge in [0.1, 0.15) is 11.6 Å². The molecule has 3 aromatic heterocycles. The normalized spacial score (nSPS) is 14.8. The largest absolute Gasteiger partial charge is 0.497 e. The Bertz CT molecular complexity index is 1380. The van der Waals surface area contributed by atoms with E-state index in [4.69, 9.17) is 38.0 Å². The maximum atomic E-state index is 6.62. The highest BCUT2D eigenvalue weighted by Gasteiger charge is 2.22. The molecule has 5 rings (SSSR count). The van der Waals surface area contributed by atoms with E-state index in [1.54, 1.807) is 19.2 Å². The molecule has 0 spiro atoms. The summed E-state index contributed by atoms with van der Waals surface area (Å²) in [7, 11) is 1.59. The summed E-state index contributed by atoms with van der Waals surface area (Å²) in [5, 5.41) is 13.0. The van der Waals surface area contributed by atoms with Crippen LogP contribution in [0.15, 0.2) is 42.6 Å². The fraction of sp³-hybridized carbons (Fsp3) is 0.393. The minimum Gasteiger partial charge on any atom is -0.497 e. The number of piperidine rings is 1. The lowest BCUT2D eigenvalue weighted by atomic mass is 10.0. The number of methoxy groups -OCH3 is 1. The molecule has 1 fully saturated rings. The minimum atomic E-state index is 0.500. The number of benzene rings is 1. The lowest BCUT2D eigenvalue weighted by Crippen LogP contribution is -2.43. The number of rotatable bonds is 9. The van der Waals surface area contributed by atoms with Crippen molar-refractivity contribution in [2.24, 2.45) is 0 Å². The van der Waals surface area contributed by atoms with Gasteiger partial charge in [-0.25, -0.2) is 4.98 Å². The third-order valence-electron chi connectivity index (χ3n) is 6.96. The summed E-state index contributed by atoms with van der Waals surface area (Å²) < 4.78 is 7.14. The number of hydrogen-bond acceptors (Lipinski definition) is 7. The second-order valence-corrected chi connectivity index (χ2v) is 10.5. The molecule has 4 aromatic rings. The van der Waals surface area contributed by atoms with Gasteiger partial charge in [-0.1, -0.05) is 29.3 Å². The van der Waals surface area contributed by atoms with Crippen molar-refractivity contribution in [2.45, 2.75) is 39.3 Å². The second kappa shape index (κ2) is 11.9. The molecule has 0 bridgehead atoms. The van der Waals surface area contributed by atoms with Crippen molar-refractivity contribution >= 4 is 34.7 Å². The molecule has 0 atom stereocenters. The predicted molar refractivity (Wildman–Crippen MR) is 153 cm³/mol. The SMILES string of the molecule is COc1cc(Cl)c(-c2c(C)nn3c(NCCNC4CCN(Cc5ccccn5)CC4)cc(C)nc23)c(Cl)c1. The molecule has 0 amide bonds. The van der Waals surface area contributed by atoms with Crippen molar-refractivity contribution in [1.82, 2.24) is 29.8 Å². The lowest BCUT2D eigenvalue weighted by molar-refractivity contribution is 0.189. The molecule has 1 aliphatic rings. The van der Waals surface area contributed by atoms with Gasteiger partial charge in [-0.05, 0) is 51.0 Å².